The standard InChI is InChI=1S/C20H22ClN3O/c1-3-4-7-14-8-5-9-15(12-14)24-19(13(2)22)23-17-11-6-10-16(21)18(17)20(24)25/h5-6,8-13H,3-4,7,22H2,1-2H3/t13-/m0/s1. The van der Waals surface area contributed by atoms with Gasteiger partial charge in [-0.2, -0.15) is 0 Å². The number of aromatic nitrogens is 2. The normalized spacial score (nSPS) is 12.5. The lowest BCUT2D eigenvalue weighted by molar-refractivity contribution is 0.695. The van der Waals surface area contributed by atoms with Crippen LogP contribution in [0.15, 0.2) is 47.3 Å². The number of fused-ring (bicyclic) bond motifs is 1. The van der Waals surface area contributed by atoms with Crippen LogP contribution in [0.25, 0.3) is 16.6 Å². The molecule has 0 aliphatic rings. The van der Waals surface area contributed by atoms with Crippen molar-refractivity contribution in [2.45, 2.75) is 39.2 Å². The highest BCUT2D eigenvalue weighted by Gasteiger charge is 2.17. The third kappa shape index (κ3) is 3.46. The summed E-state index contributed by atoms with van der Waals surface area (Å²) in [6, 6.07) is 12.9. The molecule has 0 spiro atoms. The van der Waals surface area contributed by atoms with Gasteiger partial charge >= 0.3 is 0 Å². The van der Waals surface area contributed by atoms with Crippen LogP contribution >= 0.6 is 11.6 Å². The molecule has 3 aromatic rings. The Morgan fingerprint density at radius 2 is 2.00 bits per heavy atom. The van der Waals surface area contributed by atoms with Crippen LogP contribution in [0.5, 0.6) is 0 Å². The molecule has 0 unspecified atom stereocenters. The van der Waals surface area contributed by atoms with Crippen molar-refractivity contribution in [3.8, 4) is 5.69 Å². The summed E-state index contributed by atoms with van der Waals surface area (Å²) in [5.41, 5.74) is 8.47. The summed E-state index contributed by atoms with van der Waals surface area (Å²) < 4.78 is 1.59. The third-order valence-electron chi connectivity index (χ3n) is 4.27. The fourth-order valence-electron chi connectivity index (χ4n) is 2.99. The largest absolute Gasteiger partial charge is 0.322 e. The van der Waals surface area contributed by atoms with Crippen LogP contribution in [0, 0.1) is 0 Å². The first kappa shape index (κ1) is 17.6. The SMILES string of the molecule is CCCCc1cccc(-n2c([C@H](C)N)nc3cccc(Cl)c3c2=O)c1. The number of hydrogen-bond acceptors (Lipinski definition) is 3. The Hall–Kier alpha value is -2.17. The predicted octanol–water partition coefficient (Wildman–Crippen LogP) is 4.40. The molecule has 0 aliphatic heterocycles. The van der Waals surface area contributed by atoms with E-state index in [1.54, 1.807) is 22.8 Å². The summed E-state index contributed by atoms with van der Waals surface area (Å²) in [7, 11) is 0. The molecule has 0 radical (unpaired) electrons. The topological polar surface area (TPSA) is 60.9 Å². The van der Waals surface area contributed by atoms with E-state index in [-0.39, 0.29) is 11.6 Å². The van der Waals surface area contributed by atoms with E-state index in [1.807, 2.05) is 25.1 Å². The zero-order chi connectivity index (χ0) is 18.0. The molecule has 5 heteroatoms. The molecule has 0 bridgehead atoms. The summed E-state index contributed by atoms with van der Waals surface area (Å²) in [4.78, 5) is 17.8. The van der Waals surface area contributed by atoms with Crippen molar-refractivity contribution in [1.82, 2.24) is 9.55 Å². The van der Waals surface area contributed by atoms with Gasteiger partial charge in [0.1, 0.15) is 5.82 Å². The van der Waals surface area contributed by atoms with Gasteiger partial charge in [0.2, 0.25) is 0 Å². The summed E-state index contributed by atoms with van der Waals surface area (Å²) in [6.45, 7) is 3.99. The van der Waals surface area contributed by atoms with Crippen LogP contribution in [-0.4, -0.2) is 9.55 Å². The maximum absolute atomic E-state index is 13.2. The van der Waals surface area contributed by atoms with Gasteiger partial charge < -0.3 is 5.73 Å². The van der Waals surface area contributed by atoms with E-state index < -0.39 is 0 Å². The minimum Gasteiger partial charge on any atom is -0.322 e. The van der Waals surface area contributed by atoms with Gasteiger partial charge in [0.05, 0.1) is 27.7 Å². The summed E-state index contributed by atoms with van der Waals surface area (Å²) in [6.07, 6.45) is 3.22. The molecule has 2 N–H and O–H groups in total. The van der Waals surface area contributed by atoms with Crippen molar-refractivity contribution in [3.05, 3.63) is 69.2 Å². The molecule has 0 saturated heterocycles. The second-order valence-electron chi connectivity index (χ2n) is 6.31. The van der Waals surface area contributed by atoms with Gasteiger partial charge in [-0.1, -0.05) is 43.1 Å². The second kappa shape index (κ2) is 7.38. The molecule has 4 nitrogen and oxygen atoms in total. The molecule has 1 heterocycles. The van der Waals surface area contributed by atoms with Gasteiger partial charge in [-0.05, 0) is 49.6 Å². The van der Waals surface area contributed by atoms with E-state index in [2.05, 4.69) is 18.0 Å². The number of aryl methyl sites for hydroxylation is 1. The summed E-state index contributed by atoms with van der Waals surface area (Å²) in [5.74, 6) is 0.535. The maximum atomic E-state index is 13.2. The molecule has 0 fully saturated rings. The molecule has 0 amide bonds. The summed E-state index contributed by atoms with van der Waals surface area (Å²) in [5, 5.41) is 0.828. The van der Waals surface area contributed by atoms with E-state index in [4.69, 9.17) is 17.3 Å². The van der Waals surface area contributed by atoms with Crippen LogP contribution in [0.1, 0.15) is 44.1 Å². The van der Waals surface area contributed by atoms with Crippen LogP contribution in [0.4, 0.5) is 0 Å². The van der Waals surface area contributed by atoms with Gasteiger partial charge in [0.15, 0.2) is 0 Å². The Labute approximate surface area is 152 Å². The van der Waals surface area contributed by atoms with E-state index >= 15 is 0 Å². The van der Waals surface area contributed by atoms with Gasteiger partial charge in [0.25, 0.3) is 5.56 Å². The van der Waals surface area contributed by atoms with Crippen molar-refractivity contribution in [1.29, 1.82) is 0 Å². The quantitative estimate of drug-likeness (QED) is 0.737. The average Bonchev–Trinajstić information content (AvgIpc) is 2.59. The molecule has 2 aromatic carbocycles. The molecule has 130 valence electrons. The van der Waals surface area contributed by atoms with Crippen LogP contribution in [0.3, 0.4) is 0 Å². The smallest absolute Gasteiger partial charge is 0.267 e. The van der Waals surface area contributed by atoms with Crippen molar-refractivity contribution in [3.63, 3.8) is 0 Å². The Kier molecular flexibility index (Phi) is 5.21. The molecular formula is C20H22ClN3O. The highest BCUT2D eigenvalue weighted by Crippen LogP contribution is 2.22. The average molecular weight is 356 g/mol. The summed E-state index contributed by atoms with van der Waals surface area (Å²) >= 11 is 6.27. The zero-order valence-corrected chi connectivity index (χ0v) is 15.3. The monoisotopic (exact) mass is 355 g/mol. The third-order valence-corrected chi connectivity index (χ3v) is 4.58. The van der Waals surface area contributed by atoms with Crippen molar-refractivity contribution in [2.24, 2.45) is 5.73 Å². The van der Waals surface area contributed by atoms with E-state index in [0.717, 1.165) is 24.9 Å². The highest BCUT2D eigenvalue weighted by atomic mass is 35.5. The minimum absolute atomic E-state index is 0.185. The first-order valence-corrected chi connectivity index (χ1v) is 8.96. The molecule has 1 aromatic heterocycles. The van der Waals surface area contributed by atoms with Gasteiger partial charge in [-0.3, -0.25) is 9.36 Å². The Balaban J connectivity index is 2.28. The molecule has 25 heavy (non-hydrogen) atoms. The number of hydrogen-bond donors (Lipinski definition) is 1. The van der Waals surface area contributed by atoms with Crippen LogP contribution < -0.4 is 11.3 Å². The van der Waals surface area contributed by atoms with Crippen molar-refractivity contribution < 1.29 is 0 Å². The first-order chi connectivity index (χ1) is 12.0. The molecule has 0 aliphatic carbocycles. The van der Waals surface area contributed by atoms with E-state index in [0.29, 0.717) is 21.7 Å². The number of rotatable bonds is 5. The second-order valence-corrected chi connectivity index (χ2v) is 6.71. The molecule has 0 saturated carbocycles. The maximum Gasteiger partial charge on any atom is 0.267 e. The number of unbranched alkanes of at least 4 members (excludes halogenated alkanes) is 1. The van der Waals surface area contributed by atoms with Crippen LogP contribution in [-0.2, 0) is 6.42 Å². The number of nitrogens with two attached hydrogens (primary N) is 1. The number of halogens is 1. The highest BCUT2D eigenvalue weighted by molar-refractivity contribution is 6.35. The Morgan fingerprint density at radius 1 is 1.24 bits per heavy atom. The molecular weight excluding hydrogens is 334 g/mol. The zero-order valence-electron chi connectivity index (χ0n) is 14.5. The van der Waals surface area contributed by atoms with E-state index in [1.165, 1.54) is 5.56 Å². The minimum atomic E-state index is -0.379. The van der Waals surface area contributed by atoms with Gasteiger partial charge in [0, 0.05) is 0 Å². The lowest BCUT2D eigenvalue weighted by atomic mass is 10.1. The van der Waals surface area contributed by atoms with Gasteiger partial charge in [-0.15, -0.1) is 0 Å². The first-order valence-electron chi connectivity index (χ1n) is 8.59. The Morgan fingerprint density at radius 3 is 2.72 bits per heavy atom. The predicted molar refractivity (Wildman–Crippen MR) is 104 cm³/mol. The number of benzene rings is 2. The molecule has 3 rings (SSSR count). The fraction of sp³-hybridized carbons (Fsp3) is 0.300. The fourth-order valence-corrected chi connectivity index (χ4v) is 3.24. The van der Waals surface area contributed by atoms with Crippen molar-refractivity contribution in [2.75, 3.05) is 0 Å². The van der Waals surface area contributed by atoms with Gasteiger partial charge in [-0.25, -0.2) is 4.98 Å². The molecule has 1 atom stereocenters. The lowest BCUT2D eigenvalue weighted by Gasteiger charge is -2.17. The van der Waals surface area contributed by atoms with E-state index in [9.17, 15) is 4.79 Å². The van der Waals surface area contributed by atoms with Crippen LogP contribution in [0.2, 0.25) is 5.02 Å². The lowest BCUT2D eigenvalue weighted by Crippen LogP contribution is -2.27. The number of nitrogens with zero attached hydrogens (tertiary/aromatic N) is 2. The van der Waals surface area contributed by atoms with Crippen molar-refractivity contribution >= 4 is 22.5 Å². The Bertz CT molecular complexity index is 963.